The number of nitrogens with zero attached hydrogens (tertiary/aromatic N) is 2. The van der Waals surface area contributed by atoms with Crippen LogP contribution >= 0.6 is 0 Å². The number of aromatic nitrogens is 2. The van der Waals surface area contributed by atoms with Crippen molar-refractivity contribution < 1.29 is 4.79 Å². The van der Waals surface area contributed by atoms with Gasteiger partial charge in [0.1, 0.15) is 0 Å². The highest BCUT2D eigenvalue weighted by molar-refractivity contribution is 5.77. The molecule has 1 saturated heterocycles. The minimum Gasteiger partial charge on any atom is -0.309 e. The van der Waals surface area contributed by atoms with E-state index < -0.39 is 0 Å². The Balaban J connectivity index is 1.45. The van der Waals surface area contributed by atoms with Gasteiger partial charge in [0.05, 0.1) is 12.6 Å². The lowest BCUT2D eigenvalue weighted by molar-refractivity contribution is -0.123. The predicted octanol–water partition coefficient (Wildman–Crippen LogP) is 0.746. The van der Waals surface area contributed by atoms with E-state index in [0.717, 1.165) is 51.6 Å². The first-order valence-electron chi connectivity index (χ1n) is 10.3. The zero-order chi connectivity index (χ0) is 18.8. The summed E-state index contributed by atoms with van der Waals surface area (Å²) in [6.45, 7) is 2.31. The molecule has 0 spiro atoms. The van der Waals surface area contributed by atoms with E-state index in [1.807, 2.05) is 0 Å². The molecule has 148 valence electrons. The van der Waals surface area contributed by atoms with Crippen LogP contribution in [0.4, 0.5) is 0 Å². The van der Waals surface area contributed by atoms with Crippen LogP contribution in [0, 0.1) is 0 Å². The number of hydrazine groups is 1. The van der Waals surface area contributed by atoms with Crippen LogP contribution in [0.15, 0.2) is 9.59 Å². The number of hydrogen-bond donors (Lipinski definition) is 3. The maximum Gasteiger partial charge on any atom is 0.328 e. The summed E-state index contributed by atoms with van der Waals surface area (Å²) in [5, 5.41) is 0. The van der Waals surface area contributed by atoms with Gasteiger partial charge in [0.2, 0.25) is 5.91 Å². The summed E-state index contributed by atoms with van der Waals surface area (Å²) < 4.78 is 1.44. The van der Waals surface area contributed by atoms with Gasteiger partial charge in [-0.15, -0.1) is 0 Å². The largest absolute Gasteiger partial charge is 0.328 e. The van der Waals surface area contributed by atoms with Gasteiger partial charge in [-0.25, -0.2) is 10.2 Å². The Hall–Kier alpha value is -1.93. The third-order valence-electron chi connectivity index (χ3n) is 6.19. The first kappa shape index (κ1) is 18.4. The maximum absolute atomic E-state index is 12.9. The molecule has 3 aliphatic rings. The number of H-pyrrole nitrogens is 1. The van der Waals surface area contributed by atoms with Crippen LogP contribution in [0.2, 0.25) is 0 Å². The zero-order valence-electron chi connectivity index (χ0n) is 15.8. The Morgan fingerprint density at radius 3 is 2.52 bits per heavy atom. The van der Waals surface area contributed by atoms with Crippen molar-refractivity contribution in [3.05, 3.63) is 32.1 Å². The highest BCUT2D eigenvalue weighted by atomic mass is 16.2. The molecule has 1 amide bonds. The van der Waals surface area contributed by atoms with E-state index in [1.54, 1.807) is 0 Å². The van der Waals surface area contributed by atoms with Gasteiger partial charge >= 0.3 is 5.69 Å². The van der Waals surface area contributed by atoms with Gasteiger partial charge in [0.25, 0.3) is 5.56 Å². The number of aromatic amines is 1. The molecular formula is C19H29N5O3. The second-order valence-corrected chi connectivity index (χ2v) is 8.06. The molecule has 1 atom stereocenters. The van der Waals surface area contributed by atoms with Gasteiger partial charge in [-0.1, -0.05) is 19.3 Å². The summed E-state index contributed by atoms with van der Waals surface area (Å²) >= 11 is 0. The molecule has 1 aromatic heterocycles. The number of hydrogen-bond acceptors (Lipinski definition) is 5. The van der Waals surface area contributed by atoms with Crippen LogP contribution in [0.5, 0.6) is 0 Å². The molecule has 27 heavy (non-hydrogen) atoms. The number of amides is 1. The minimum atomic E-state index is -0.317. The van der Waals surface area contributed by atoms with Crippen LogP contribution in [0.25, 0.3) is 0 Å². The Labute approximate surface area is 158 Å². The fourth-order valence-corrected chi connectivity index (χ4v) is 4.74. The van der Waals surface area contributed by atoms with E-state index in [2.05, 4.69) is 20.7 Å². The average Bonchev–Trinajstić information content (AvgIpc) is 3.31. The third-order valence-corrected chi connectivity index (χ3v) is 6.19. The fraction of sp³-hybridized carbons (Fsp3) is 0.737. The van der Waals surface area contributed by atoms with Crippen LogP contribution in [0.1, 0.15) is 74.7 Å². The average molecular weight is 375 g/mol. The Bertz CT molecular complexity index is 803. The van der Waals surface area contributed by atoms with Crippen molar-refractivity contribution >= 4 is 5.91 Å². The molecule has 4 rings (SSSR count). The Morgan fingerprint density at radius 1 is 1.04 bits per heavy atom. The molecule has 1 saturated carbocycles. The summed E-state index contributed by atoms with van der Waals surface area (Å²) in [7, 11) is 0. The quantitative estimate of drug-likeness (QED) is 0.660. The lowest BCUT2D eigenvalue weighted by atomic mass is 9.95. The summed E-state index contributed by atoms with van der Waals surface area (Å²) in [6, 6.07) is -0.198. The summed E-state index contributed by atoms with van der Waals surface area (Å²) in [5.74, 6) is -0.0803. The monoisotopic (exact) mass is 375 g/mol. The van der Waals surface area contributed by atoms with Crippen molar-refractivity contribution in [2.75, 3.05) is 19.6 Å². The van der Waals surface area contributed by atoms with Gasteiger partial charge in [-0.05, 0) is 51.6 Å². The van der Waals surface area contributed by atoms with E-state index in [-0.39, 0.29) is 29.2 Å². The highest BCUT2D eigenvalue weighted by Gasteiger charge is 2.30. The third kappa shape index (κ3) is 3.87. The molecule has 0 bridgehead atoms. The second kappa shape index (κ2) is 7.98. The van der Waals surface area contributed by atoms with Gasteiger partial charge in [0, 0.05) is 17.3 Å². The van der Waals surface area contributed by atoms with Crippen molar-refractivity contribution in [1.82, 2.24) is 25.3 Å². The molecule has 2 heterocycles. The van der Waals surface area contributed by atoms with Gasteiger partial charge in [-0.3, -0.25) is 24.5 Å². The second-order valence-electron chi connectivity index (χ2n) is 8.06. The van der Waals surface area contributed by atoms with Crippen molar-refractivity contribution in [1.29, 1.82) is 0 Å². The fourth-order valence-electron chi connectivity index (χ4n) is 4.74. The van der Waals surface area contributed by atoms with Crippen LogP contribution < -0.4 is 22.1 Å². The van der Waals surface area contributed by atoms with Crippen molar-refractivity contribution in [3.8, 4) is 0 Å². The summed E-state index contributed by atoms with van der Waals surface area (Å²) in [4.78, 5) is 42.7. The van der Waals surface area contributed by atoms with Crippen LogP contribution in [-0.2, 0) is 11.2 Å². The van der Waals surface area contributed by atoms with Crippen molar-refractivity contribution in [3.63, 3.8) is 0 Å². The van der Waals surface area contributed by atoms with Crippen LogP contribution in [0.3, 0.4) is 0 Å². The minimum absolute atomic E-state index is 0.0208. The molecule has 8 heteroatoms. The smallest absolute Gasteiger partial charge is 0.309 e. The van der Waals surface area contributed by atoms with Crippen molar-refractivity contribution in [2.45, 2.75) is 69.9 Å². The number of rotatable bonds is 5. The lowest BCUT2D eigenvalue weighted by Crippen LogP contribution is -2.45. The van der Waals surface area contributed by atoms with E-state index in [4.69, 9.17) is 0 Å². The number of nitrogens with one attached hydrogen (secondary N) is 3. The first-order chi connectivity index (χ1) is 13.1. The number of fused-ring (bicyclic) bond motifs is 1. The summed E-state index contributed by atoms with van der Waals surface area (Å²) in [5.41, 5.74) is 6.63. The molecule has 2 fully saturated rings. The molecule has 3 N–H and O–H groups in total. The van der Waals surface area contributed by atoms with Gasteiger partial charge < -0.3 is 4.98 Å². The highest BCUT2D eigenvalue weighted by Crippen LogP contribution is 2.28. The predicted molar refractivity (Wildman–Crippen MR) is 101 cm³/mol. The van der Waals surface area contributed by atoms with E-state index in [9.17, 15) is 14.4 Å². The lowest BCUT2D eigenvalue weighted by Gasteiger charge is -2.24. The van der Waals surface area contributed by atoms with E-state index in [0.29, 0.717) is 30.6 Å². The maximum atomic E-state index is 12.9. The molecule has 1 aromatic rings. The molecule has 2 aliphatic carbocycles. The number of carbonyl (C=O) groups is 1. The zero-order valence-corrected chi connectivity index (χ0v) is 15.8. The number of likely N-dealkylation sites (tertiary alicyclic amines) is 1. The molecular weight excluding hydrogens is 346 g/mol. The van der Waals surface area contributed by atoms with Crippen molar-refractivity contribution in [2.24, 2.45) is 0 Å². The Kier molecular flexibility index (Phi) is 5.45. The first-order valence-corrected chi connectivity index (χ1v) is 10.3. The topological polar surface area (TPSA) is 99.2 Å². The molecule has 1 aliphatic heterocycles. The summed E-state index contributed by atoms with van der Waals surface area (Å²) in [6.07, 6.45) is 8.72. The SMILES string of the molecule is O=C(CN1CCCC1)NNC1CCc2c1[nH]c(=O)n(C1CCCCC1)c2=O. The van der Waals surface area contributed by atoms with E-state index >= 15 is 0 Å². The van der Waals surface area contributed by atoms with Crippen LogP contribution in [-0.4, -0.2) is 40.0 Å². The Morgan fingerprint density at radius 2 is 1.78 bits per heavy atom. The molecule has 0 aromatic carbocycles. The van der Waals surface area contributed by atoms with Gasteiger partial charge in [0.15, 0.2) is 0 Å². The van der Waals surface area contributed by atoms with Gasteiger partial charge in [-0.2, -0.15) is 0 Å². The normalized spacial score (nSPS) is 23.5. The molecule has 1 unspecified atom stereocenters. The molecule has 8 nitrogen and oxygen atoms in total. The number of carbonyl (C=O) groups excluding carboxylic acids is 1. The van der Waals surface area contributed by atoms with E-state index in [1.165, 1.54) is 11.0 Å². The standard InChI is InChI=1S/C19H29N5O3/c25-16(12-23-10-4-5-11-23)22-21-15-9-8-14-17(15)20-19(27)24(18(14)26)13-6-2-1-3-7-13/h13,15,21H,1-12H2,(H,20,27)(H,22,25). The molecule has 0 radical (unpaired) electrons.